The van der Waals surface area contributed by atoms with Crippen LogP contribution >= 0.6 is 15.9 Å². The smallest absolute Gasteiger partial charge is 0.311 e. The van der Waals surface area contributed by atoms with E-state index in [4.69, 9.17) is 4.74 Å². The number of ether oxygens (including phenoxy) is 1. The first-order valence-corrected chi connectivity index (χ1v) is 4.80. The molecule has 0 amide bonds. The summed E-state index contributed by atoms with van der Waals surface area (Å²) < 4.78 is 29.1. The number of hydrogen-bond acceptors (Lipinski definition) is 3. The molecule has 1 aromatic carbocycles. The molecular formula is C9H6BrF2NO3. The van der Waals surface area contributed by atoms with Crippen LogP contribution in [0.3, 0.4) is 0 Å². The summed E-state index contributed by atoms with van der Waals surface area (Å²) in [6.07, 6.45) is 0. The molecule has 0 aliphatic carbocycles. The summed E-state index contributed by atoms with van der Waals surface area (Å²) in [5, 5.41) is 10.6. The lowest BCUT2D eigenvalue weighted by Gasteiger charge is -2.03. The molecule has 0 saturated carbocycles. The molecule has 86 valence electrons. The van der Waals surface area contributed by atoms with Crippen LogP contribution in [0.2, 0.25) is 0 Å². The van der Waals surface area contributed by atoms with E-state index < -0.39 is 21.2 Å². The van der Waals surface area contributed by atoms with Gasteiger partial charge in [0.1, 0.15) is 0 Å². The summed E-state index contributed by atoms with van der Waals surface area (Å²) in [4.78, 5) is 9.87. The fourth-order valence-corrected chi connectivity index (χ4v) is 1.31. The third kappa shape index (κ3) is 2.54. The van der Waals surface area contributed by atoms with Crippen LogP contribution < -0.4 is 4.74 Å². The zero-order valence-electron chi connectivity index (χ0n) is 8.04. The van der Waals surface area contributed by atoms with Crippen molar-refractivity contribution in [2.45, 2.75) is 0 Å². The van der Waals surface area contributed by atoms with E-state index >= 15 is 0 Å². The molecule has 0 heterocycles. The zero-order chi connectivity index (χ0) is 12.3. The third-order valence-electron chi connectivity index (χ3n) is 1.79. The van der Waals surface area contributed by atoms with Crippen molar-refractivity contribution >= 4 is 27.4 Å². The van der Waals surface area contributed by atoms with E-state index in [0.29, 0.717) is 0 Å². The Balaban J connectivity index is 3.33. The Labute approximate surface area is 97.8 Å². The van der Waals surface area contributed by atoms with Crippen LogP contribution in [0.1, 0.15) is 5.56 Å². The molecule has 16 heavy (non-hydrogen) atoms. The van der Waals surface area contributed by atoms with E-state index in [2.05, 4.69) is 15.9 Å². The lowest BCUT2D eigenvalue weighted by atomic mass is 10.1. The van der Waals surface area contributed by atoms with Gasteiger partial charge in [0.25, 0.3) is 0 Å². The number of halogens is 3. The molecule has 1 rings (SSSR count). The second kappa shape index (κ2) is 5.02. The second-order valence-corrected chi connectivity index (χ2v) is 3.41. The number of nitrogens with zero attached hydrogens (tertiary/aromatic N) is 1. The fraction of sp³-hybridized carbons (Fsp3) is 0.111. The van der Waals surface area contributed by atoms with E-state index in [1.807, 2.05) is 0 Å². The zero-order valence-corrected chi connectivity index (χ0v) is 9.62. The van der Waals surface area contributed by atoms with Gasteiger partial charge in [-0.25, -0.2) is 4.39 Å². The molecule has 0 fully saturated rings. The quantitative estimate of drug-likeness (QED) is 0.632. The number of rotatable bonds is 3. The highest BCUT2D eigenvalue weighted by atomic mass is 79.9. The maximum Gasteiger partial charge on any atom is 0.311 e. The standard InChI is InChI=1S/C9H6BrF2NO3/c1-16-7-3-2-5(8(11)9(10)12)4-6(7)13(14)15/h2-4H,1H3. The number of methoxy groups -OCH3 is 1. The highest BCUT2D eigenvalue weighted by molar-refractivity contribution is 9.11. The van der Waals surface area contributed by atoms with Crippen molar-refractivity contribution in [2.24, 2.45) is 0 Å². The summed E-state index contributed by atoms with van der Waals surface area (Å²) in [5.74, 6) is -1.22. The second-order valence-electron chi connectivity index (χ2n) is 2.72. The van der Waals surface area contributed by atoms with Crippen molar-refractivity contribution in [3.63, 3.8) is 0 Å². The van der Waals surface area contributed by atoms with Gasteiger partial charge >= 0.3 is 5.69 Å². The maximum absolute atomic E-state index is 13.1. The Kier molecular flexibility index (Phi) is 3.94. The Morgan fingerprint density at radius 3 is 2.56 bits per heavy atom. The number of nitro groups is 1. The molecule has 0 N–H and O–H groups in total. The number of hydrogen-bond donors (Lipinski definition) is 0. The summed E-state index contributed by atoms with van der Waals surface area (Å²) >= 11 is 2.31. The van der Waals surface area contributed by atoms with Crippen molar-refractivity contribution in [3.8, 4) is 5.75 Å². The predicted octanol–water partition coefficient (Wildman–Crippen LogP) is 3.56. The molecule has 0 spiro atoms. The first-order chi connectivity index (χ1) is 7.47. The minimum atomic E-state index is -1.22. The van der Waals surface area contributed by atoms with Gasteiger partial charge in [-0.05, 0) is 28.1 Å². The summed E-state index contributed by atoms with van der Waals surface area (Å²) in [7, 11) is 1.25. The first kappa shape index (κ1) is 12.6. The normalized spacial score (nSPS) is 12.0. The average Bonchev–Trinajstić information content (AvgIpc) is 2.26. The molecule has 0 bridgehead atoms. The van der Waals surface area contributed by atoms with Crippen LogP contribution in [0.5, 0.6) is 5.75 Å². The maximum atomic E-state index is 13.1. The molecule has 0 radical (unpaired) electrons. The minimum Gasteiger partial charge on any atom is -0.490 e. The van der Waals surface area contributed by atoms with E-state index in [1.165, 1.54) is 19.2 Å². The van der Waals surface area contributed by atoms with Crippen LogP contribution in [0.4, 0.5) is 14.5 Å². The molecule has 0 atom stereocenters. The molecule has 4 nitrogen and oxygen atoms in total. The molecule has 0 aliphatic heterocycles. The molecule has 0 aromatic heterocycles. The molecule has 1 aromatic rings. The van der Waals surface area contributed by atoms with Crippen molar-refractivity contribution in [1.29, 1.82) is 0 Å². The Hall–Kier alpha value is -1.50. The lowest BCUT2D eigenvalue weighted by molar-refractivity contribution is -0.385. The van der Waals surface area contributed by atoms with Crippen LogP contribution in [0.25, 0.3) is 5.83 Å². The van der Waals surface area contributed by atoms with Crippen molar-refractivity contribution in [1.82, 2.24) is 0 Å². The molecule has 0 aliphatic rings. The third-order valence-corrected chi connectivity index (χ3v) is 2.14. The van der Waals surface area contributed by atoms with Gasteiger partial charge in [-0.15, -0.1) is 0 Å². The number of nitro benzene ring substituents is 1. The topological polar surface area (TPSA) is 52.4 Å². The molecule has 0 unspecified atom stereocenters. The summed E-state index contributed by atoms with van der Waals surface area (Å²) in [6.45, 7) is 0. The molecule has 0 saturated heterocycles. The summed E-state index contributed by atoms with van der Waals surface area (Å²) in [5.41, 5.74) is -0.661. The summed E-state index contributed by atoms with van der Waals surface area (Å²) in [6, 6.07) is 3.28. The van der Waals surface area contributed by atoms with Gasteiger partial charge in [0.2, 0.25) is 4.74 Å². The highest BCUT2D eigenvalue weighted by Gasteiger charge is 2.17. The molecular weight excluding hydrogens is 288 g/mol. The Morgan fingerprint density at radius 2 is 2.12 bits per heavy atom. The van der Waals surface area contributed by atoms with Gasteiger partial charge in [-0.2, -0.15) is 4.39 Å². The van der Waals surface area contributed by atoms with Gasteiger partial charge in [-0.3, -0.25) is 10.1 Å². The van der Waals surface area contributed by atoms with Gasteiger partial charge in [-0.1, -0.05) is 0 Å². The van der Waals surface area contributed by atoms with Gasteiger partial charge < -0.3 is 4.74 Å². The van der Waals surface area contributed by atoms with E-state index in [0.717, 1.165) is 6.07 Å². The van der Waals surface area contributed by atoms with Gasteiger partial charge in [0.15, 0.2) is 11.6 Å². The van der Waals surface area contributed by atoms with Crippen LogP contribution in [-0.4, -0.2) is 12.0 Å². The Morgan fingerprint density at radius 1 is 1.50 bits per heavy atom. The Bertz CT molecular complexity index is 458. The lowest BCUT2D eigenvalue weighted by Crippen LogP contribution is -1.94. The largest absolute Gasteiger partial charge is 0.490 e. The van der Waals surface area contributed by atoms with Crippen molar-refractivity contribution in [2.75, 3.05) is 7.11 Å². The van der Waals surface area contributed by atoms with Crippen molar-refractivity contribution < 1.29 is 18.4 Å². The van der Waals surface area contributed by atoms with Gasteiger partial charge in [0, 0.05) is 11.6 Å². The van der Waals surface area contributed by atoms with Crippen LogP contribution in [0, 0.1) is 10.1 Å². The number of benzene rings is 1. The minimum absolute atomic E-state index is 0.0171. The van der Waals surface area contributed by atoms with Crippen LogP contribution in [0.15, 0.2) is 22.9 Å². The fourth-order valence-electron chi connectivity index (χ4n) is 1.08. The van der Waals surface area contributed by atoms with E-state index in [1.54, 1.807) is 0 Å². The monoisotopic (exact) mass is 293 g/mol. The highest BCUT2D eigenvalue weighted by Crippen LogP contribution is 2.32. The van der Waals surface area contributed by atoms with E-state index in [-0.39, 0.29) is 11.3 Å². The first-order valence-electron chi connectivity index (χ1n) is 4.01. The van der Waals surface area contributed by atoms with Crippen LogP contribution in [-0.2, 0) is 0 Å². The molecule has 7 heteroatoms. The van der Waals surface area contributed by atoms with E-state index in [9.17, 15) is 18.9 Å². The SMILES string of the molecule is COc1ccc(C(F)=C(F)Br)cc1[N+](=O)[O-]. The van der Waals surface area contributed by atoms with Crippen molar-refractivity contribution in [3.05, 3.63) is 38.6 Å². The predicted molar refractivity (Wildman–Crippen MR) is 57.7 cm³/mol. The average molecular weight is 294 g/mol. The van der Waals surface area contributed by atoms with Gasteiger partial charge in [0.05, 0.1) is 12.0 Å².